The summed E-state index contributed by atoms with van der Waals surface area (Å²) in [4.78, 5) is 12.1. The average Bonchev–Trinajstić information content (AvgIpc) is 2.59. The lowest BCUT2D eigenvalue weighted by Gasteiger charge is -2.28. The molecule has 1 aliphatic carbocycles. The molecule has 7 heteroatoms. The molecule has 6 nitrogen and oxygen atoms in total. The topological polar surface area (TPSA) is 85.4 Å². The van der Waals surface area contributed by atoms with Crippen molar-refractivity contribution in [3.8, 4) is 16.9 Å². The summed E-state index contributed by atoms with van der Waals surface area (Å²) in [6, 6.07) is 3.97. The van der Waals surface area contributed by atoms with E-state index >= 15 is 4.39 Å². The second-order valence-corrected chi connectivity index (χ2v) is 6.10. The number of hydrogen-bond donors (Lipinski definition) is 2. The molecule has 0 radical (unpaired) electrons. The molecule has 0 bridgehead atoms. The van der Waals surface area contributed by atoms with E-state index in [2.05, 4.69) is 20.3 Å². The number of halogens is 1. The lowest BCUT2D eigenvalue weighted by Crippen LogP contribution is -2.28. The molecule has 1 fully saturated rings. The summed E-state index contributed by atoms with van der Waals surface area (Å²) in [5.74, 6) is 0.262. The van der Waals surface area contributed by atoms with E-state index in [9.17, 15) is 0 Å². The van der Waals surface area contributed by atoms with Crippen LogP contribution in [-0.2, 0) is 0 Å². The minimum absolute atomic E-state index is 0.152. The lowest BCUT2D eigenvalue weighted by molar-refractivity contribution is 0.395. The third-order valence-corrected chi connectivity index (χ3v) is 4.52. The Bertz CT molecular complexity index is 843. The summed E-state index contributed by atoms with van der Waals surface area (Å²) < 4.78 is 21.1. The third-order valence-electron chi connectivity index (χ3n) is 4.52. The van der Waals surface area contributed by atoms with Crippen LogP contribution in [-0.4, -0.2) is 22.5 Å². The predicted octanol–water partition coefficient (Wildman–Crippen LogP) is 2.98. The van der Waals surface area contributed by atoms with Gasteiger partial charge in [-0.2, -0.15) is 0 Å². The molecule has 1 aromatic carbocycles. The van der Waals surface area contributed by atoms with Gasteiger partial charge in [-0.3, -0.25) is 0 Å². The highest BCUT2D eigenvalue weighted by molar-refractivity contribution is 5.79. The van der Waals surface area contributed by atoms with E-state index < -0.39 is 5.82 Å². The van der Waals surface area contributed by atoms with Gasteiger partial charge >= 0.3 is 0 Å². The van der Waals surface area contributed by atoms with Gasteiger partial charge < -0.3 is 15.8 Å². The zero-order valence-corrected chi connectivity index (χ0v) is 13.6. The largest absolute Gasteiger partial charge is 0.422 e. The number of aliphatic imine (C=N–C) groups is 1. The molecular formula is C18H18FN5O. The number of benzene rings is 1. The number of aromatic nitrogens is 2. The molecule has 0 unspecified atom stereocenters. The maximum atomic E-state index is 15.3. The molecule has 3 N–H and O–H groups in total. The van der Waals surface area contributed by atoms with Crippen LogP contribution in [0.3, 0.4) is 0 Å². The number of nitrogen functional groups attached to an aromatic ring is 1. The number of nitrogens with two attached hydrogens (primary N) is 1. The summed E-state index contributed by atoms with van der Waals surface area (Å²) in [5.41, 5.74) is 7.32. The Hall–Kier alpha value is -2.96. The van der Waals surface area contributed by atoms with E-state index in [0.29, 0.717) is 29.6 Å². The Kier molecular flexibility index (Phi) is 4.05. The molecule has 0 atom stereocenters. The van der Waals surface area contributed by atoms with Crippen LogP contribution in [0.2, 0.25) is 0 Å². The fourth-order valence-electron chi connectivity index (χ4n) is 2.94. The van der Waals surface area contributed by atoms with E-state index in [1.165, 1.54) is 12.4 Å². The van der Waals surface area contributed by atoms with Crippen LogP contribution in [0.15, 0.2) is 41.8 Å². The first-order chi connectivity index (χ1) is 12.2. The molecule has 1 aliphatic heterocycles. The molecule has 4 rings (SSSR count). The SMILES string of the molecule is Nc1ncc(-c2ccc(C3CCC3)c(OC3=NCC=CN3)c2F)cn1. The zero-order valence-electron chi connectivity index (χ0n) is 13.6. The number of ether oxygens (including phenoxy) is 1. The summed E-state index contributed by atoms with van der Waals surface area (Å²) in [6.45, 7) is 0.508. The molecule has 0 saturated heterocycles. The van der Waals surface area contributed by atoms with Gasteiger partial charge in [0.25, 0.3) is 6.02 Å². The number of nitrogens with zero attached hydrogens (tertiary/aromatic N) is 3. The van der Waals surface area contributed by atoms with Crippen LogP contribution in [0.25, 0.3) is 11.1 Å². The van der Waals surface area contributed by atoms with Gasteiger partial charge in [-0.15, -0.1) is 0 Å². The van der Waals surface area contributed by atoms with E-state index in [0.717, 1.165) is 24.8 Å². The molecule has 2 aliphatic rings. The number of anilines is 1. The second-order valence-electron chi connectivity index (χ2n) is 6.10. The zero-order chi connectivity index (χ0) is 17.2. The van der Waals surface area contributed by atoms with Crippen LogP contribution in [0.1, 0.15) is 30.7 Å². The Balaban J connectivity index is 1.75. The van der Waals surface area contributed by atoms with Crippen molar-refractivity contribution in [1.82, 2.24) is 15.3 Å². The van der Waals surface area contributed by atoms with E-state index in [-0.39, 0.29) is 11.7 Å². The lowest BCUT2D eigenvalue weighted by atomic mass is 9.79. The average molecular weight is 339 g/mol. The number of hydrogen-bond acceptors (Lipinski definition) is 6. The van der Waals surface area contributed by atoms with Crippen LogP contribution in [0.4, 0.5) is 10.3 Å². The van der Waals surface area contributed by atoms with Crippen LogP contribution in [0, 0.1) is 5.82 Å². The van der Waals surface area contributed by atoms with Crippen molar-refractivity contribution in [2.24, 2.45) is 4.99 Å². The van der Waals surface area contributed by atoms with E-state index in [1.54, 1.807) is 12.3 Å². The van der Waals surface area contributed by atoms with Crippen LogP contribution < -0.4 is 15.8 Å². The number of amidine groups is 1. The molecule has 1 saturated carbocycles. The third kappa shape index (κ3) is 3.05. The Labute approximate surface area is 144 Å². The van der Waals surface area contributed by atoms with Gasteiger partial charge in [-0.05, 0) is 24.8 Å². The Morgan fingerprint density at radius 2 is 2.00 bits per heavy atom. The maximum Gasteiger partial charge on any atom is 0.294 e. The second kappa shape index (κ2) is 6.51. The summed E-state index contributed by atoms with van der Waals surface area (Å²) >= 11 is 0. The van der Waals surface area contributed by atoms with Crippen molar-refractivity contribution in [1.29, 1.82) is 0 Å². The first kappa shape index (κ1) is 15.6. The quantitative estimate of drug-likeness (QED) is 0.898. The fraction of sp³-hybridized carbons (Fsp3) is 0.278. The molecule has 2 heterocycles. The van der Waals surface area contributed by atoms with Crippen molar-refractivity contribution in [2.75, 3.05) is 12.3 Å². The van der Waals surface area contributed by atoms with Gasteiger partial charge in [0.1, 0.15) is 0 Å². The summed E-state index contributed by atoms with van der Waals surface area (Å²) in [7, 11) is 0. The van der Waals surface area contributed by atoms with E-state index in [4.69, 9.17) is 10.5 Å². The van der Waals surface area contributed by atoms with Gasteiger partial charge in [0.15, 0.2) is 11.6 Å². The maximum absolute atomic E-state index is 15.3. The van der Waals surface area contributed by atoms with Gasteiger partial charge in [0, 0.05) is 35.3 Å². The first-order valence-corrected chi connectivity index (χ1v) is 8.26. The minimum Gasteiger partial charge on any atom is -0.422 e. The standard InChI is InChI=1S/C18H18FN5O/c19-15-13(12-9-23-17(20)24-10-12)5-6-14(11-3-1-4-11)16(15)25-18-21-7-2-8-22-18/h2,5-7,9-11H,1,3-4,8H2,(H,21,22)(H2,20,23,24). The highest BCUT2D eigenvalue weighted by Crippen LogP contribution is 2.43. The van der Waals surface area contributed by atoms with Crippen molar-refractivity contribution in [2.45, 2.75) is 25.2 Å². The smallest absolute Gasteiger partial charge is 0.294 e. The highest BCUT2D eigenvalue weighted by atomic mass is 19.1. The highest BCUT2D eigenvalue weighted by Gasteiger charge is 2.27. The minimum atomic E-state index is -0.433. The fourth-order valence-corrected chi connectivity index (χ4v) is 2.94. The summed E-state index contributed by atoms with van der Waals surface area (Å²) in [6.07, 6.45) is 9.85. The molecule has 2 aromatic rings. The van der Waals surface area contributed by atoms with E-state index in [1.807, 2.05) is 12.1 Å². The van der Waals surface area contributed by atoms with Crippen LogP contribution in [0.5, 0.6) is 5.75 Å². The van der Waals surface area contributed by atoms with Gasteiger partial charge in [0.05, 0.1) is 6.54 Å². The van der Waals surface area contributed by atoms with Crippen molar-refractivity contribution in [3.63, 3.8) is 0 Å². The number of rotatable bonds is 3. The molecule has 25 heavy (non-hydrogen) atoms. The number of nitrogens with one attached hydrogen (secondary N) is 1. The first-order valence-electron chi connectivity index (χ1n) is 8.26. The van der Waals surface area contributed by atoms with Crippen molar-refractivity contribution < 1.29 is 9.13 Å². The van der Waals surface area contributed by atoms with Crippen molar-refractivity contribution >= 4 is 12.0 Å². The molecule has 128 valence electrons. The van der Waals surface area contributed by atoms with Gasteiger partial charge in [-0.25, -0.2) is 19.4 Å². The molecule has 0 amide bonds. The van der Waals surface area contributed by atoms with Crippen LogP contribution >= 0.6 is 0 Å². The Morgan fingerprint density at radius 3 is 2.64 bits per heavy atom. The molecule has 1 aromatic heterocycles. The van der Waals surface area contributed by atoms with Gasteiger partial charge in [-0.1, -0.05) is 18.6 Å². The van der Waals surface area contributed by atoms with Gasteiger partial charge in [0.2, 0.25) is 5.95 Å². The molecule has 0 spiro atoms. The van der Waals surface area contributed by atoms with Crippen molar-refractivity contribution in [3.05, 3.63) is 48.2 Å². The predicted molar refractivity (Wildman–Crippen MR) is 93.6 cm³/mol. The molecular weight excluding hydrogens is 321 g/mol. The normalized spacial score (nSPS) is 16.8. The monoisotopic (exact) mass is 339 g/mol. The summed E-state index contributed by atoms with van der Waals surface area (Å²) in [5, 5.41) is 2.90. The Morgan fingerprint density at radius 1 is 1.20 bits per heavy atom.